The second kappa shape index (κ2) is 9.51. The number of carbonyl (C=O) groups excluding carboxylic acids is 1. The van der Waals surface area contributed by atoms with Crippen LogP contribution in [0.5, 0.6) is 0 Å². The summed E-state index contributed by atoms with van der Waals surface area (Å²) in [4.78, 5) is 12.3. The summed E-state index contributed by atoms with van der Waals surface area (Å²) in [5, 5.41) is 8.62. The molecule has 1 atom stereocenters. The molecule has 3 rings (SSSR count). The summed E-state index contributed by atoms with van der Waals surface area (Å²) in [5.74, 6) is 1.27. The van der Waals surface area contributed by atoms with Crippen LogP contribution in [0.25, 0.3) is 0 Å². The van der Waals surface area contributed by atoms with E-state index in [1.54, 1.807) is 0 Å². The van der Waals surface area contributed by atoms with Crippen molar-refractivity contribution in [1.29, 1.82) is 0 Å². The molecule has 0 aliphatic heterocycles. The van der Waals surface area contributed by atoms with Gasteiger partial charge in [-0.3, -0.25) is 4.79 Å². The second-order valence-electron chi connectivity index (χ2n) is 6.64. The molecule has 0 fully saturated rings. The quantitative estimate of drug-likeness (QED) is 0.370. The van der Waals surface area contributed by atoms with E-state index in [0.29, 0.717) is 29.2 Å². The molecule has 5 heteroatoms. The first kappa shape index (κ1) is 19.4. The van der Waals surface area contributed by atoms with Crippen molar-refractivity contribution >= 4 is 17.5 Å². The topological polar surface area (TPSA) is 56.0 Å². The average molecular weight is 381 g/mol. The highest BCUT2D eigenvalue weighted by molar-refractivity contribution is 7.99. The summed E-state index contributed by atoms with van der Waals surface area (Å²) in [6.45, 7) is 4.28. The Labute approximate surface area is 164 Å². The first-order valence-electron chi connectivity index (χ1n) is 9.28. The van der Waals surface area contributed by atoms with Crippen LogP contribution in [0, 0.1) is 0 Å². The predicted molar refractivity (Wildman–Crippen MR) is 108 cm³/mol. The van der Waals surface area contributed by atoms with Gasteiger partial charge in [0.2, 0.25) is 5.89 Å². The van der Waals surface area contributed by atoms with Gasteiger partial charge in [-0.2, -0.15) is 0 Å². The summed E-state index contributed by atoms with van der Waals surface area (Å²) >= 11 is 1.29. The molecule has 1 aromatic heterocycles. The smallest absolute Gasteiger partial charge is 0.277 e. The van der Waals surface area contributed by atoms with E-state index < -0.39 is 0 Å². The first-order valence-corrected chi connectivity index (χ1v) is 10.3. The highest BCUT2D eigenvalue weighted by Gasteiger charge is 2.14. The molecule has 0 N–H and O–H groups in total. The van der Waals surface area contributed by atoms with Gasteiger partial charge in [0, 0.05) is 12.0 Å². The van der Waals surface area contributed by atoms with Crippen LogP contribution in [0.1, 0.15) is 53.6 Å². The molecule has 0 spiro atoms. The van der Waals surface area contributed by atoms with Crippen LogP contribution in [-0.2, 0) is 12.8 Å². The van der Waals surface area contributed by atoms with Crippen molar-refractivity contribution in [2.45, 2.75) is 44.3 Å². The number of aryl methyl sites for hydroxylation is 1. The molecule has 140 valence electrons. The van der Waals surface area contributed by atoms with Gasteiger partial charge < -0.3 is 4.42 Å². The van der Waals surface area contributed by atoms with E-state index in [2.05, 4.69) is 36.2 Å². The van der Waals surface area contributed by atoms with Crippen molar-refractivity contribution in [2.75, 3.05) is 5.75 Å². The van der Waals surface area contributed by atoms with Crippen LogP contribution in [0.4, 0.5) is 0 Å². The van der Waals surface area contributed by atoms with Crippen molar-refractivity contribution in [3.8, 4) is 0 Å². The number of rotatable bonds is 9. The lowest BCUT2D eigenvalue weighted by Gasteiger charge is -2.08. The van der Waals surface area contributed by atoms with Crippen LogP contribution in [0.15, 0.2) is 64.2 Å². The number of Topliss-reactive ketones (excluding diaryl/α,β-unsaturated/α-hetero) is 1. The van der Waals surface area contributed by atoms with Crippen molar-refractivity contribution < 1.29 is 9.21 Å². The summed E-state index contributed by atoms with van der Waals surface area (Å²) in [7, 11) is 0. The van der Waals surface area contributed by atoms with Crippen molar-refractivity contribution in [1.82, 2.24) is 10.2 Å². The Bertz CT molecular complexity index is 860. The molecular weight excluding hydrogens is 356 g/mol. The van der Waals surface area contributed by atoms with Crippen LogP contribution in [0.2, 0.25) is 0 Å². The van der Waals surface area contributed by atoms with E-state index >= 15 is 0 Å². The van der Waals surface area contributed by atoms with E-state index in [1.807, 2.05) is 42.5 Å². The Morgan fingerprint density at radius 3 is 2.52 bits per heavy atom. The number of benzene rings is 2. The zero-order valence-corrected chi connectivity index (χ0v) is 16.5. The molecule has 3 aromatic rings. The lowest BCUT2D eigenvalue weighted by atomic mass is 9.98. The first-order chi connectivity index (χ1) is 13.2. The van der Waals surface area contributed by atoms with E-state index in [9.17, 15) is 4.79 Å². The molecule has 0 bridgehead atoms. The number of thioether (sulfide) groups is 1. The SMILES string of the molecule is CCCc1ccc(C(=O)CSc2nnc(CC(C)c3ccccc3)o2)cc1. The lowest BCUT2D eigenvalue weighted by Crippen LogP contribution is -2.02. The molecule has 0 aliphatic rings. The van der Waals surface area contributed by atoms with Crippen LogP contribution in [-0.4, -0.2) is 21.7 Å². The molecule has 27 heavy (non-hydrogen) atoms. The Kier molecular flexibility index (Phi) is 6.82. The lowest BCUT2D eigenvalue weighted by molar-refractivity contribution is 0.102. The largest absolute Gasteiger partial charge is 0.416 e. The Balaban J connectivity index is 1.52. The molecule has 2 aromatic carbocycles. The van der Waals surface area contributed by atoms with Crippen molar-refractivity contribution in [2.24, 2.45) is 0 Å². The molecule has 1 heterocycles. The van der Waals surface area contributed by atoms with Gasteiger partial charge in [-0.05, 0) is 23.5 Å². The van der Waals surface area contributed by atoms with E-state index in [4.69, 9.17) is 4.42 Å². The Hall–Kier alpha value is -2.40. The standard InChI is InChI=1S/C22H24N2O2S/c1-3-7-17-10-12-19(13-11-17)20(25)15-27-22-24-23-21(26-22)14-16(2)18-8-5-4-6-9-18/h4-6,8-13,16H,3,7,14-15H2,1-2H3. The minimum atomic E-state index is 0.0699. The van der Waals surface area contributed by atoms with Gasteiger partial charge in [0.25, 0.3) is 5.22 Å². The molecule has 0 amide bonds. The monoisotopic (exact) mass is 380 g/mol. The number of carbonyl (C=O) groups is 1. The zero-order valence-electron chi connectivity index (χ0n) is 15.7. The van der Waals surface area contributed by atoms with Gasteiger partial charge >= 0.3 is 0 Å². The minimum Gasteiger partial charge on any atom is -0.416 e. The fourth-order valence-corrected chi connectivity index (χ4v) is 3.57. The summed E-state index contributed by atoms with van der Waals surface area (Å²) in [6.07, 6.45) is 2.82. The maximum absolute atomic E-state index is 12.3. The molecular formula is C22H24N2O2S. The molecule has 1 unspecified atom stereocenters. The highest BCUT2D eigenvalue weighted by atomic mass is 32.2. The zero-order chi connectivity index (χ0) is 19.1. The van der Waals surface area contributed by atoms with Crippen molar-refractivity contribution in [3.05, 3.63) is 77.2 Å². The third-order valence-corrected chi connectivity index (χ3v) is 5.26. The Morgan fingerprint density at radius 2 is 1.81 bits per heavy atom. The number of hydrogen-bond donors (Lipinski definition) is 0. The van der Waals surface area contributed by atoms with Gasteiger partial charge in [-0.1, -0.05) is 86.6 Å². The van der Waals surface area contributed by atoms with Gasteiger partial charge in [0.05, 0.1) is 5.75 Å². The van der Waals surface area contributed by atoms with Gasteiger partial charge in [-0.25, -0.2) is 0 Å². The van der Waals surface area contributed by atoms with E-state index in [1.165, 1.54) is 22.9 Å². The number of nitrogens with zero attached hydrogens (tertiary/aromatic N) is 2. The minimum absolute atomic E-state index is 0.0699. The third-order valence-electron chi connectivity index (χ3n) is 4.44. The van der Waals surface area contributed by atoms with Crippen molar-refractivity contribution in [3.63, 3.8) is 0 Å². The number of ketones is 1. The molecule has 4 nitrogen and oxygen atoms in total. The highest BCUT2D eigenvalue weighted by Crippen LogP contribution is 2.23. The fraction of sp³-hybridized carbons (Fsp3) is 0.318. The molecule has 0 radical (unpaired) electrons. The van der Waals surface area contributed by atoms with Gasteiger partial charge in [0.15, 0.2) is 5.78 Å². The average Bonchev–Trinajstić information content (AvgIpc) is 3.15. The summed E-state index contributed by atoms with van der Waals surface area (Å²) in [6, 6.07) is 18.1. The maximum Gasteiger partial charge on any atom is 0.277 e. The third kappa shape index (κ3) is 5.54. The summed E-state index contributed by atoms with van der Waals surface area (Å²) in [5.41, 5.74) is 3.22. The Morgan fingerprint density at radius 1 is 1.07 bits per heavy atom. The maximum atomic E-state index is 12.3. The number of aromatic nitrogens is 2. The van der Waals surface area contributed by atoms with Gasteiger partial charge in [-0.15, -0.1) is 10.2 Å². The summed E-state index contributed by atoms with van der Waals surface area (Å²) < 4.78 is 5.70. The predicted octanol–water partition coefficient (Wildman–Crippen LogP) is 5.34. The fourth-order valence-electron chi connectivity index (χ4n) is 2.90. The molecule has 0 aliphatic carbocycles. The normalized spacial score (nSPS) is 12.1. The molecule has 0 saturated carbocycles. The van der Waals surface area contributed by atoms with E-state index in [-0.39, 0.29) is 5.78 Å². The number of hydrogen-bond acceptors (Lipinski definition) is 5. The van der Waals surface area contributed by atoms with Gasteiger partial charge in [0.1, 0.15) is 0 Å². The van der Waals surface area contributed by atoms with Crippen LogP contribution < -0.4 is 0 Å². The van der Waals surface area contributed by atoms with Crippen LogP contribution in [0.3, 0.4) is 0 Å². The van der Waals surface area contributed by atoms with Crippen LogP contribution >= 0.6 is 11.8 Å². The van der Waals surface area contributed by atoms with E-state index in [0.717, 1.165) is 18.4 Å². The second-order valence-corrected chi connectivity index (χ2v) is 7.56. The molecule has 0 saturated heterocycles.